The highest BCUT2D eigenvalue weighted by Crippen LogP contribution is 2.04. The Morgan fingerprint density at radius 1 is 1.88 bits per heavy atom. The minimum absolute atomic E-state index is 0.876. The molecular formula is C4H4BrN2O. The van der Waals surface area contributed by atoms with E-state index in [0.29, 0.717) is 0 Å². The molecule has 1 aromatic rings. The van der Waals surface area contributed by atoms with Gasteiger partial charge >= 0.3 is 0 Å². The van der Waals surface area contributed by atoms with Gasteiger partial charge in [0.05, 0.1) is 16.9 Å². The van der Waals surface area contributed by atoms with Crippen molar-refractivity contribution in [3.05, 3.63) is 24.0 Å². The Hall–Kier alpha value is -0.510. The fraction of sp³-hybridized carbons (Fsp3) is 0. The van der Waals surface area contributed by atoms with Crippen molar-refractivity contribution in [2.45, 2.75) is 0 Å². The molecule has 0 fully saturated rings. The van der Waals surface area contributed by atoms with Crippen LogP contribution in [0.1, 0.15) is 0 Å². The lowest BCUT2D eigenvalue weighted by molar-refractivity contribution is 0.169. The highest BCUT2D eigenvalue weighted by atomic mass is 79.9. The van der Waals surface area contributed by atoms with Crippen LogP contribution in [0.25, 0.3) is 0 Å². The molecule has 8 heavy (non-hydrogen) atoms. The van der Waals surface area contributed by atoms with E-state index in [-0.39, 0.29) is 0 Å². The summed E-state index contributed by atoms with van der Waals surface area (Å²) < 4.78 is 0.876. The second-order valence-corrected chi connectivity index (χ2v) is 2.11. The van der Waals surface area contributed by atoms with Crippen LogP contribution < -0.4 is 4.84 Å². The maximum atomic E-state index is 4.46. The zero-order valence-corrected chi connectivity index (χ0v) is 5.63. The maximum Gasteiger partial charge on any atom is 0.153 e. The van der Waals surface area contributed by atoms with Crippen molar-refractivity contribution >= 4 is 15.9 Å². The van der Waals surface area contributed by atoms with Gasteiger partial charge in [0.25, 0.3) is 0 Å². The Labute approximate surface area is 55.3 Å². The van der Waals surface area contributed by atoms with Crippen LogP contribution in [0, 0.1) is 7.11 Å². The van der Waals surface area contributed by atoms with Gasteiger partial charge < -0.3 is 4.84 Å². The number of aromatic nitrogens is 2. The lowest BCUT2D eigenvalue weighted by Gasteiger charge is -1.91. The second-order valence-electron chi connectivity index (χ2n) is 1.19. The summed E-state index contributed by atoms with van der Waals surface area (Å²) in [6.45, 7) is 0. The number of rotatable bonds is 1. The summed E-state index contributed by atoms with van der Waals surface area (Å²) in [4.78, 5) is 5.71. The number of hydrogen-bond acceptors (Lipinski definition) is 2. The van der Waals surface area contributed by atoms with Gasteiger partial charge in [-0.1, -0.05) is 0 Å². The van der Waals surface area contributed by atoms with E-state index in [2.05, 4.69) is 33.0 Å². The van der Waals surface area contributed by atoms with Crippen molar-refractivity contribution < 1.29 is 4.84 Å². The van der Waals surface area contributed by atoms with Crippen LogP contribution in [0.5, 0.6) is 0 Å². The molecule has 0 unspecified atom stereocenters. The molecule has 0 aliphatic heterocycles. The smallest absolute Gasteiger partial charge is 0.153 e. The molecule has 1 heterocycles. The predicted molar refractivity (Wildman–Crippen MR) is 31.9 cm³/mol. The first-order valence-electron chi connectivity index (χ1n) is 1.95. The van der Waals surface area contributed by atoms with Crippen LogP contribution in [-0.4, -0.2) is 9.94 Å². The molecule has 0 aromatic carbocycles. The highest BCUT2D eigenvalue weighted by Gasteiger charge is 1.89. The molecule has 0 amide bonds. The Morgan fingerprint density at radius 3 is 2.88 bits per heavy atom. The van der Waals surface area contributed by atoms with Crippen LogP contribution in [0.2, 0.25) is 0 Å². The van der Waals surface area contributed by atoms with Gasteiger partial charge in [-0.2, -0.15) is 0 Å². The predicted octanol–water partition coefficient (Wildman–Crippen LogP) is 0.866. The van der Waals surface area contributed by atoms with Gasteiger partial charge in [0.15, 0.2) is 7.11 Å². The van der Waals surface area contributed by atoms with Crippen LogP contribution in [0.3, 0.4) is 0 Å². The normalized spacial score (nSPS) is 9.25. The average Bonchev–Trinajstić information content (AvgIpc) is 2.14. The quantitative estimate of drug-likeness (QED) is 0.634. The Bertz CT molecular complexity index is 174. The lowest BCUT2D eigenvalue weighted by Crippen LogP contribution is -2.02. The van der Waals surface area contributed by atoms with Crippen molar-refractivity contribution in [2.75, 3.05) is 0 Å². The minimum atomic E-state index is 0.876. The van der Waals surface area contributed by atoms with E-state index in [0.717, 1.165) is 4.47 Å². The van der Waals surface area contributed by atoms with Crippen molar-refractivity contribution in [3.63, 3.8) is 0 Å². The van der Waals surface area contributed by atoms with Crippen molar-refractivity contribution in [1.82, 2.24) is 9.94 Å². The van der Waals surface area contributed by atoms with Crippen molar-refractivity contribution in [3.8, 4) is 0 Å². The zero-order valence-electron chi connectivity index (χ0n) is 4.04. The largest absolute Gasteiger partial charge is 0.393 e. The van der Waals surface area contributed by atoms with Crippen LogP contribution in [0.4, 0.5) is 0 Å². The summed E-state index contributed by atoms with van der Waals surface area (Å²) >= 11 is 3.18. The summed E-state index contributed by atoms with van der Waals surface area (Å²) in [5.74, 6) is 0. The molecule has 0 bridgehead atoms. The second kappa shape index (κ2) is 2.17. The SMILES string of the molecule is [CH2]On1cc(Br)cn1. The van der Waals surface area contributed by atoms with Gasteiger partial charge in [-0.05, 0) is 15.9 Å². The van der Waals surface area contributed by atoms with Gasteiger partial charge in [0.2, 0.25) is 0 Å². The molecule has 1 rings (SSSR count). The molecule has 0 saturated carbocycles. The molecule has 1 radical (unpaired) electrons. The average molecular weight is 176 g/mol. The Balaban J connectivity index is 2.84. The summed E-state index contributed by atoms with van der Waals surface area (Å²) in [5, 5.41) is 3.72. The van der Waals surface area contributed by atoms with E-state index >= 15 is 0 Å². The summed E-state index contributed by atoms with van der Waals surface area (Å²) in [5.41, 5.74) is 0. The molecule has 4 heteroatoms. The molecule has 0 spiro atoms. The first-order chi connectivity index (χ1) is 3.83. The van der Waals surface area contributed by atoms with Crippen LogP contribution in [0.15, 0.2) is 16.9 Å². The molecular weight excluding hydrogens is 172 g/mol. The molecule has 1 aromatic heterocycles. The Morgan fingerprint density at radius 2 is 2.62 bits per heavy atom. The molecule has 43 valence electrons. The fourth-order valence-electron chi connectivity index (χ4n) is 0.355. The van der Waals surface area contributed by atoms with E-state index in [9.17, 15) is 0 Å². The number of hydrogen-bond donors (Lipinski definition) is 0. The molecule has 0 N–H and O–H groups in total. The lowest BCUT2D eigenvalue weighted by atomic mass is 10.8. The standard InChI is InChI=1S/C4H4BrN2O/c1-8-7-3-4(5)2-6-7/h2-3H,1H2. The molecule has 3 nitrogen and oxygen atoms in total. The third-order valence-corrected chi connectivity index (χ3v) is 1.07. The Kier molecular flexibility index (Phi) is 1.53. The van der Waals surface area contributed by atoms with E-state index in [4.69, 9.17) is 0 Å². The van der Waals surface area contributed by atoms with Gasteiger partial charge in [0, 0.05) is 0 Å². The molecule has 0 aliphatic rings. The summed E-state index contributed by atoms with van der Waals surface area (Å²) in [6, 6.07) is 0. The first kappa shape index (κ1) is 5.62. The van der Waals surface area contributed by atoms with E-state index in [1.165, 1.54) is 4.85 Å². The van der Waals surface area contributed by atoms with Crippen LogP contribution in [-0.2, 0) is 0 Å². The molecule has 0 atom stereocenters. The van der Waals surface area contributed by atoms with Crippen molar-refractivity contribution in [2.24, 2.45) is 0 Å². The van der Waals surface area contributed by atoms with Gasteiger partial charge in [-0.3, -0.25) is 0 Å². The van der Waals surface area contributed by atoms with Crippen molar-refractivity contribution in [1.29, 1.82) is 0 Å². The van der Waals surface area contributed by atoms with Gasteiger partial charge in [-0.25, -0.2) is 0 Å². The monoisotopic (exact) mass is 175 g/mol. The minimum Gasteiger partial charge on any atom is -0.393 e. The van der Waals surface area contributed by atoms with Gasteiger partial charge in [-0.15, -0.1) is 9.94 Å². The third kappa shape index (κ3) is 1.01. The molecule has 0 aliphatic carbocycles. The molecule has 0 saturated heterocycles. The van der Waals surface area contributed by atoms with E-state index in [1.54, 1.807) is 12.4 Å². The summed E-state index contributed by atoms with van der Waals surface area (Å²) in [6.07, 6.45) is 3.28. The van der Waals surface area contributed by atoms with E-state index < -0.39 is 0 Å². The topological polar surface area (TPSA) is 27.1 Å². The van der Waals surface area contributed by atoms with E-state index in [1.807, 2.05) is 0 Å². The maximum absolute atomic E-state index is 4.46. The zero-order chi connectivity index (χ0) is 5.98. The first-order valence-corrected chi connectivity index (χ1v) is 2.75. The number of halogens is 1. The fourth-order valence-corrected chi connectivity index (χ4v) is 0.622. The third-order valence-electron chi connectivity index (χ3n) is 0.661. The highest BCUT2D eigenvalue weighted by molar-refractivity contribution is 9.10. The van der Waals surface area contributed by atoms with Crippen LogP contribution >= 0.6 is 15.9 Å². The summed E-state index contributed by atoms with van der Waals surface area (Å²) in [7, 11) is 3.15. The number of nitrogens with zero attached hydrogens (tertiary/aromatic N) is 2. The van der Waals surface area contributed by atoms with Gasteiger partial charge in [0.1, 0.15) is 0 Å².